The summed E-state index contributed by atoms with van der Waals surface area (Å²) in [6.07, 6.45) is 9.44. The molecule has 0 aromatic heterocycles. The van der Waals surface area contributed by atoms with Crippen molar-refractivity contribution < 1.29 is 0 Å². The Hall–Kier alpha value is -0.750. The van der Waals surface area contributed by atoms with E-state index in [1.54, 1.807) is 0 Å². The normalized spacial score (nSPS) is 10.3. The first-order valence-corrected chi connectivity index (χ1v) is 6.67. The number of hydrogen-bond acceptors (Lipinski definition) is 0. The lowest BCUT2D eigenvalue weighted by molar-refractivity contribution is 0.634. The summed E-state index contributed by atoms with van der Waals surface area (Å²) in [7, 11) is 0. The lowest BCUT2D eigenvalue weighted by Gasteiger charge is -2.02. The summed E-state index contributed by atoms with van der Waals surface area (Å²) >= 11 is 5.63. The third kappa shape index (κ3) is 5.37. The maximum atomic E-state index is 5.63. The van der Waals surface area contributed by atoms with Crippen LogP contribution < -0.4 is 0 Å². The molecule has 0 fully saturated rings. The molecule has 0 saturated heterocycles. The molecular formula is C15H21Cl. The zero-order valence-corrected chi connectivity index (χ0v) is 10.7. The predicted octanol–water partition coefficient (Wildman–Crippen LogP) is 5.06. The highest BCUT2D eigenvalue weighted by atomic mass is 35.5. The number of unbranched alkanes of at least 4 members (excludes halogenated alkanes) is 4. The van der Waals surface area contributed by atoms with E-state index in [0.29, 0.717) is 0 Å². The second kappa shape index (κ2) is 8.41. The number of hydrogen-bond donors (Lipinski definition) is 0. The number of alkyl halides is 1. The van der Waals surface area contributed by atoms with Gasteiger partial charge in [0.2, 0.25) is 0 Å². The van der Waals surface area contributed by atoms with Crippen LogP contribution in [0.3, 0.4) is 0 Å². The van der Waals surface area contributed by atoms with Crippen LogP contribution in [0.2, 0.25) is 0 Å². The van der Waals surface area contributed by atoms with Crippen molar-refractivity contribution >= 4 is 17.7 Å². The van der Waals surface area contributed by atoms with Gasteiger partial charge in [-0.05, 0) is 30.4 Å². The Balaban J connectivity index is 2.14. The van der Waals surface area contributed by atoms with Crippen molar-refractivity contribution in [2.75, 3.05) is 5.88 Å². The molecular weight excluding hydrogens is 216 g/mol. The highest BCUT2D eigenvalue weighted by molar-refractivity contribution is 6.17. The zero-order chi connectivity index (χ0) is 11.6. The van der Waals surface area contributed by atoms with Crippen molar-refractivity contribution in [2.24, 2.45) is 0 Å². The average Bonchev–Trinajstić information content (AvgIpc) is 2.34. The van der Waals surface area contributed by atoms with Gasteiger partial charge in [-0.3, -0.25) is 0 Å². The summed E-state index contributed by atoms with van der Waals surface area (Å²) in [6, 6.07) is 8.68. The second-order valence-electron chi connectivity index (χ2n) is 4.15. The predicted molar refractivity (Wildman–Crippen MR) is 74.0 cm³/mol. The lowest BCUT2D eigenvalue weighted by Crippen LogP contribution is -1.86. The van der Waals surface area contributed by atoms with Crippen LogP contribution in [0.25, 0.3) is 6.08 Å². The minimum atomic E-state index is 0.809. The lowest BCUT2D eigenvalue weighted by atomic mass is 10.0. The summed E-state index contributed by atoms with van der Waals surface area (Å²) in [5, 5.41) is 0. The molecule has 0 unspecified atom stereocenters. The molecule has 0 aliphatic rings. The van der Waals surface area contributed by atoms with Crippen LogP contribution in [0.15, 0.2) is 30.8 Å². The Morgan fingerprint density at radius 3 is 2.19 bits per heavy atom. The van der Waals surface area contributed by atoms with Gasteiger partial charge in [-0.15, -0.1) is 11.6 Å². The summed E-state index contributed by atoms with van der Waals surface area (Å²) in [4.78, 5) is 0. The minimum Gasteiger partial charge on any atom is -0.127 e. The SMILES string of the molecule is C=Cc1ccc(CCCCCCCCl)cc1. The van der Waals surface area contributed by atoms with Crippen molar-refractivity contribution in [3.05, 3.63) is 42.0 Å². The van der Waals surface area contributed by atoms with E-state index in [4.69, 9.17) is 11.6 Å². The number of aryl methyl sites for hydroxylation is 1. The fourth-order valence-corrected chi connectivity index (χ4v) is 1.96. The zero-order valence-electron chi connectivity index (χ0n) is 9.92. The molecule has 0 bridgehead atoms. The molecule has 0 nitrogen and oxygen atoms in total. The molecule has 0 aliphatic heterocycles. The molecule has 0 spiro atoms. The fraction of sp³-hybridized carbons (Fsp3) is 0.467. The van der Waals surface area contributed by atoms with Gasteiger partial charge in [0.15, 0.2) is 0 Å². The molecule has 0 atom stereocenters. The third-order valence-corrected chi connectivity index (χ3v) is 3.08. The van der Waals surface area contributed by atoms with Gasteiger partial charge in [-0.1, -0.05) is 56.2 Å². The molecule has 0 radical (unpaired) electrons. The molecule has 1 heteroatoms. The summed E-state index contributed by atoms with van der Waals surface area (Å²) in [5.41, 5.74) is 2.63. The quantitative estimate of drug-likeness (QED) is 0.437. The molecule has 0 aliphatic carbocycles. The molecule has 1 aromatic rings. The number of benzene rings is 1. The molecule has 0 heterocycles. The monoisotopic (exact) mass is 236 g/mol. The van der Waals surface area contributed by atoms with Crippen LogP contribution in [0, 0.1) is 0 Å². The Bertz CT molecular complexity index is 287. The van der Waals surface area contributed by atoms with E-state index in [1.807, 2.05) is 6.08 Å². The van der Waals surface area contributed by atoms with E-state index >= 15 is 0 Å². The van der Waals surface area contributed by atoms with Gasteiger partial charge in [0, 0.05) is 5.88 Å². The van der Waals surface area contributed by atoms with E-state index in [-0.39, 0.29) is 0 Å². The summed E-state index contributed by atoms with van der Waals surface area (Å²) in [6.45, 7) is 3.75. The summed E-state index contributed by atoms with van der Waals surface area (Å²) < 4.78 is 0. The van der Waals surface area contributed by atoms with E-state index in [1.165, 1.54) is 43.2 Å². The van der Waals surface area contributed by atoms with Crippen molar-refractivity contribution in [1.29, 1.82) is 0 Å². The summed E-state index contributed by atoms with van der Waals surface area (Å²) in [5.74, 6) is 0.809. The molecule has 1 aromatic carbocycles. The molecule has 16 heavy (non-hydrogen) atoms. The van der Waals surface area contributed by atoms with Gasteiger partial charge in [-0.2, -0.15) is 0 Å². The largest absolute Gasteiger partial charge is 0.127 e. The molecule has 1 rings (SSSR count). The highest BCUT2D eigenvalue weighted by Gasteiger charge is 1.94. The van der Waals surface area contributed by atoms with Gasteiger partial charge in [0.25, 0.3) is 0 Å². The van der Waals surface area contributed by atoms with Crippen LogP contribution >= 0.6 is 11.6 Å². The van der Waals surface area contributed by atoms with Crippen LogP contribution in [0.1, 0.15) is 43.2 Å². The third-order valence-electron chi connectivity index (χ3n) is 2.81. The molecule has 88 valence electrons. The molecule has 0 N–H and O–H groups in total. The van der Waals surface area contributed by atoms with Crippen LogP contribution in [0.4, 0.5) is 0 Å². The Labute approximate surface area is 104 Å². The van der Waals surface area contributed by atoms with Gasteiger partial charge in [-0.25, -0.2) is 0 Å². The first-order valence-electron chi connectivity index (χ1n) is 6.14. The van der Waals surface area contributed by atoms with Crippen LogP contribution in [0.5, 0.6) is 0 Å². The van der Waals surface area contributed by atoms with E-state index in [0.717, 1.165) is 12.3 Å². The Kier molecular flexibility index (Phi) is 7.00. The van der Waals surface area contributed by atoms with E-state index in [2.05, 4.69) is 30.8 Å². The fourth-order valence-electron chi connectivity index (χ4n) is 1.77. The molecule has 0 amide bonds. The maximum Gasteiger partial charge on any atom is 0.0223 e. The van der Waals surface area contributed by atoms with Crippen LogP contribution in [-0.4, -0.2) is 5.88 Å². The van der Waals surface area contributed by atoms with Gasteiger partial charge >= 0.3 is 0 Å². The van der Waals surface area contributed by atoms with E-state index < -0.39 is 0 Å². The first kappa shape index (κ1) is 13.3. The first-order chi connectivity index (χ1) is 7.86. The van der Waals surface area contributed by atoms with Crippen molar-refractivity contribution in [1.82, 2.24) is 0 Å². The second-order valence-corrected chi connectivity index (χ2v) is 4.53. The Morgan fingerprint density at radius 1 is 0.938 bits per heavy atom. The number of halogens is 1. The highest BCUT2D eigenvalue weighted by Crippen LogP contribution is 2.11. The van der Waals surface area contributed by atoms with Gasteiger partial charge in [0.05, 0.1) is 0 Å². The van der Waals surface area contributed by atoms with Crippen molar-refractivity contribution in [3.8, 4) is 0 Å². The Morgan fingerprint density at radius 2 is 1.56 bits per heavy atom. The minimum absolute atomic E-state index is 0.809. The van der Waals surface area contributed by atoms with Crippen molar-refractivity contribution in [2.45, 2.75) is 38.5 Å². The van der Waals surface area contributed by atoms with Gasteiger partial charge < -0.3 is 0 Å². The van der Waals surface area contributed by atoms with Gasteiger partial charge in [0.1, 0.15) is 0 Å². The van der Waals surface area contributed by atoms with Crippen molar-refractivity contribution in [3.63, 3.8) is 0 Å². The maximum absolute atomic E-state index is 5.63. The average molecular weight is 237 g/mol. The molecule has 0 saturated carbocycles. The van der Waals surface area contributed by atoms with Crippen LogP contribution in [-0.2, 0) is 6.42 Å². The smallest absolute Gasteiger partial charge is 0.0223 e. The standard InChI is InChI=1S/C15H21Cl/c1-2-14-9-11-15(12-10-14)8-6-4-3-5-7-13-16/h2,9-12H,1,3-8,13H2. The topological polar surface area (TPSA) is 0 Å². The number of rotatable bonds is 8. The van der Waals surface area contributed by atoms with E-state index in [9.17, 15) is 0 Å².